The van der Waals surface area contributed by atoms with Gasteiger partial charge >= 0.3 is 49.2 Å². The third-order valence-corrected chi connectivity index (χ3v) is 23.4. The number of carbonyl (C=O) groups is 6. The molecule has 25 nitrogen and oxygen atoms in total. The van der Waals surface area contributed by atoms with E-state index in [1.165, 1.54) is 211 Å². The zero-order valence-corrected chi connectivity index (χ0v) is 84.3. The molecule has 5 saturated carbocycles. The zero-order valence-electron chi connectivity index (χ0n) is 84.5. The Morgan fingerprint density at radius 2 is 0.794 bits per heavy atom. The van der Waals surface area contributed by atoms with Crippen LogP contribution in [0.3, 0.4) is 0 Å². The van der Waals surface area contributed by atoms with E-state index in [4.69, 9.17) is 39.7 Å². The summed E-state index contributed by atoms with van der Waals surface area (Å²) >= 11 is 0. The molecule has 1 saturated heterocycles. The first-order chi connectivity index (χ1) is 58.4. The van der Waals surface area contributed by atoms with Crippen LogP contribution in [0, 0.1) is 36.5 Å². The van der Waals surface area contributed by atoms with Crippen LogP contribution < -0.4 is 62.2 Å². The van der Waals surface area contributed by atoms with Crippen molar-refractivity contribution in [2.75, 3.05) is 79.7 Å². The van der Waals surface area contributed by atoms with Crippen LogP contribution >= 0.6 is 0 Å². The van der Waals surface area contributed by atoms with Gasteiger partial charge in [0.15, 0.2) is 17.4 Å². The summed E-state index contributed by atoms with van der Waals surface area (Å²) < 4.78 is 55.8. The number of benzene rings is 1. The van der Waals surface area contributed by atoms with Crippen LogP contribution in [0.1, 0.15) is 394 Å². The molecule has 736 valence electrons. The summed E-state index contributed by atoms with van der Waals surface area (Å²) in [7, 11) is 0.338. The van der Waals surface area contributed by atoms with Crippen molar-refractivity contribution in [2.45, 2.75) is 452 Å². The van der Waals surface area contributed by atoms with Crippen LogP contribution in [-0.2, 0) is 43.4 Å². The molecule has 6 aliphatic rings. The van der Waals surface area contributed by atoms with Gasteiger partial charge in [-0.2, -0.15) is 8.42 Å². The maximum atomic E-state index is 12.4. The predicted molar refractivity (Wildman–Crippen MR) is 521 cm³/mol. The summed E-state index contributed by atoms with van der Waals surface area (Å²) in [5, 5.41) is 27.0. The van der Waals surface area contributed by atoms with Crippen LogP contribution in [0.5, 0.6) is 0 Å². The number of aliphatic carboxylic acids is 1. The third-order valence-electron chi connectivity index (χ3n) is 22.6. The second-order valence-electron chi connectivity index (χ2n) is 40.1. The molecule has 0 unspecified atom stereocenters. The minimum Gasteiger partial charge on any atom is -1.00 e. The number of ether oxygens (including phenoxy) is 5. The predicted octanol–water partition coefficient (Wildman–Crippen LogP) is 17.3. The van der Waals surface area contributed by atoms with Crippen LogP contribution in [0.2, 0.25) is 0 Å². The van der Waals surface area contributed by atoms with Crippen molar-refractivity contribution in [2.24, 2.45) is 41.1 Å². The Morgan fingerprint density at radius 1 is 0.468 bits per heavy atom. The van der Waals surface area contributed by atoms with Crippen molar-refractivity contribution in [3.8, 4) is 0 Å². The van der Waals surface area contributed by atoms with Gasteiger partial charge in [-0.15, -0.1) is 0 Å². The molecular formula is C98H194AlLiN10O15S. The molecule has 1 aliphatic heterocycles. The van der Waals surface area contributed by atoms with Crippen LogP contribution in [0.25, 0.3) is 0 Å². The molecule has 5 amide bonds. The molecule has 0 spiro atoms. The fourth-order valence-corrected chi connectivity index (χ4v) is 16.6. The van der Waals surface area contributed by atoms with Crippen molar-refractivity contribution in [3.63, 3.8) is 0 Å². The van der Waals surface area contributed by atoms with Gasteiger partial charge < -0.3 is 83.4 Å². The Balaban J connectivity index is -0.000000701. The van der Waals surface area contributed by atoms with E-state index in [0.717, 1.165) is 140 Å². The van der Waals surface area contributed by atoms with Crippen molar-refractivity contribution < 1.29 is 90.8 Å². The molecule has 0 radical (unpaired) electrons. The molecule has 28 heteroatoms. The van der Waals surface area contributed by atoms with E-state index < -0.39 is 62.8 Å². The average molecular weight is 1820 g/mol. The molecule has 7 rings (SSSR count). The number of alkyl carbamates (subject to hydrolysis) is 4. The number of rotatable bonds is 37. The summed E-state index contributed by atoms with van der Waals surface area (Å²) in [6.07, 6.45) is 49.3. The SMILES string of the molecule is C1CCOC1.CC(C)(C)OC(=O)N[C@@H](CC1CCCCC1)C(=O)O.CCCCN.CCCCN(C)C[C@@H](N)CC1CCCCC1.CCCCN(C)C[C@H](CC1CCCCC1)NC(=O)OC(C)(C)C.CCCCNC(=O)[C@H](CC1CCCCC1)NC(=O)OC(C)(C)C.CCCCNC[C@H](CC1CCCCC1)NC(=O)OC(C)(C)C.Cc1ccc(S(=O)(=O)O)cc1.[AlH3].[H-].[Li+]. The minimum atomic E-state index is -4.02. The van der Waals surface area contributed by atoms with Gasteiger partial charge in [0.05, 0.1) is 4.90 Å². The number of aryl methyl sites for hydroxylation is 1. The van der Waals surface area contributed by atoms with Gasteiger partial charge in [-0.1, -0.05) is 245 Å². The molecule has 12 N–H and O–H groups in total. The standard InChI is InChI=1S/C19H38N2O2.C18H34N2O3.C18H36N2O2.C14H30N2.C14H25NO4.C7H8O3S.C4H11N.C4H8O.Al.Li.4H/c1-6-7-13-21(5)15-17(14-16-11-9-8-10-12-16)20-18(22)23-19(2,3)4;1-5-6-12-19-16(21)15(13-14-10-8-7-9-11-14)20-17(22)23-18(2,3)4;1-5-6-12-19-14-16(13-15-10-8-7-9-11-15)20-17(21)22-18(2,3)4;1-3-4-10-16(2)12-14(15)11-13-8-6-5-7-9-13;1-14(2,3)19-13(18)15-11(12(16)17)9-10-7-5-4-6-8-10;1-6-2-4-7(5-3-6)11(8,9)10;1-2-3-4-5;1-2-4-5-3-1;;;;;;/h16-17H,6-15H2,1-5H3,(H,20,22);14-15H,5-13H2,1-4H3,(H,19,21)(H,20,22);15-16,19H,5-14H2,1-4H3,(H,20,21);13-14H,3-12,15H2,1-2H3;10-11H,4-9H2,1-3H3,(H,15,18)(H,16,17);2-5H,1H3,(H,8,9,10);2-5H2,1H3;1-4H2;;;;;;/q;;;;;;;;;+1;;;;-1/t17-;15-;16-;14-;11-;;;;;;;;;/m00000........./s1. The minimum absolute atomic E-state index is 0. The van der Waals surface area contributed by atoms with Crippen molar-refractivity contribution in [1.82, 2.24) is 41.7 Å². The van der Waals surface area contributed by atoms with E-state index in [9.17, 15) is 42.3 Å². The summed E-state index contributed by atoms with van der Waals surface area (Å²) in [5.41, 5.74) is 10.3. The molecule has 6 fully saturated rings. The molecular weight excluding hydrogens is 1620 g/mol. The normalized spacial score (nSPS) is 17.3. The maximum Gasteiger partial charge on any atom is 1.00 e. The van der Waals surface area contributed by atoms with Gasteiger partial charge in [-0.05, 0) is 249 Å². The number of nitrogens with one attached hydrogen (secondary N) is 6. The maximum absolute atomic E-state index is 12.4. The Kier molecular flexibility index (Phi) is 74.6. The number of unbranched alkanes of at least 4 members (excludes halogenated alkanes) is 5. The van der Waals surface area contributed by atoms with E-state index >= 15 is 0 Å². The Hall–Kier alpha value is -3.96. The van der Waals surface area contributed by atoms with Gasteiger partial charge in [-0.3, -0.25) is 9.35 Å². The Morgan fingerprint density at radius 3 is 1.13 bits per heavy atom. The fraction of sp³-hybridized carbons (Fsp3) is 0.878. The van der Waals surface area contributed by atoms with Crippen molar-refractivity contribution >= 4 is 63.7 Å². The number of nitrogens with zero attached hydrogens (tertiary/aromatic N) is 2. The summed E-state index contributed by atoms with van der Waals surface area (Å²) in [5.74, 6) is 2.25. The summed E-state index contributed by atoms with van der Waals surface area (Å²) in [4.78, 5) is 76.1. The molecule has 1 heterocycles. The summed E-state index contributed by atoms with van der Waals surface area (Å²) in [6.45, 7) is 44.6. The van der Waals surface area contributed by atoms with Gasteiger partial charge in [0, 0.05) is 57.5 Å². The molecule has 1 aromatic rings. The topological polar surface area (TPSA) is 354 Å². The third kappa shape index (κ3) is 75.6. The van der Waals surface area contributed by atoms with Crippen LogP contribution in [0.4, 0.5) is 19.2 Å². The average Bonchev–Trinajstić information content (AvgIpc) is 1.04. The van der Waals surface area contributed by atoms with E-state index in [1.54, 1.807) is 32.9 Å². The number of hydrogen-bond donors (Lipinski definition) is 10. The molecule has 0 aromatic heterocycles. The number of nitrogens with two attached hydrogens (primary N) is 2. The first-order valence-corrected chi connectivity index (χ1v) is 50.5. The number of hydrogen-bond acceptors (Lipinski definition) is 18. The number of carboxylic acids is 1. The van der Waals surface area contributed by atoms with Gasteiger partial charge in [-0.25, -0.2) is 24.0 Å². The van der Waals surface area contributed by atoms with Crippen LogP contribution in [-0.4, -0.2) is 214 Å². The smallest absolute Gasteiger partial charge is 1.00 e. The first-order valence-electron chi connectivity index (χ1n) is 49.1. The molecule has 5 atom stereocenters. The quantitative estimate of drug-likeness (QED) is 0.0128. The van der Waals surface area contributed by atoms with E-state index in [1.807, 2.05) is 69.2 Å². The van der Waals surface area contributed by atoms with Crippen molar-refractivity contribution in [1.29, 1.82) is 0 Å². The molecule has 0 bridgehead atoms. The monoisotopic (exact) mass is 1820 g/mol. The Labute approximate surface area is 793 Å². The van der Waals surface area contributed by atoms with Crippen LogP contribution in [0.15, 0.2) is 29.2 Å². The molecule has 126 heavy (non-hydrogen) atoms. The number of carboxylic acid groups (broad SMARTS) is 1. The number of likely N-dealkylation sites (N-methyl/N-ethyl adjacent to an activating group) is 2. The second kappa shape index (κ2) is 74.5. The first kappa shape index (κ1) is 126. The number of carbonyl (C=O) groups excluding carboxylic acids is 5. The zero-order chi connectivity index (χ0) is 93.4. The van der Waals surface area contributed by atoms with E-state index in [0.29, 0.717) is 37.3 Å². The van der Waals surface area contributed by atoms with E-state index in [-0.39, 0.29) is 72.7 Å². The molecule has 5 aliphatic carbocycles. The van der Waals surface area contributed by atoms with Gasteiger partial charge in [0.2, 0.25) is 5.91 Å². The molecule has 1 aromatic carbocycles. The number of amides is 5. The second-order valence-corrected chi connectivity index (χ2v) is 41.5. The largest absolute Gasteiger partial charge is 1.00 e. The fourth-order valence-electron chi connectivity index (χ4n) is 16.1. The summed E-state index contributed by atoms with van der Waals surface area (Å²) in [6, 6.07) is 5.40. The van der Waals surface area contributed by atoms with Crippen molar-refractivity contribution in [3.05, 3.63) is 29.8 Å². The van der Waals surface area contributed by atoms with E-state index in [2.05, 4.69) is 90.4 Å². The van der Waals surface area contributed by atoms with Gasteiger partial charge in [0.1, 0.15) is 34.5 Å². The van der Waals surface area contributed by atoms with Gasteiger partial charge in [0.25, 0.3) is 10.1 Å². The Bertz CT molecular complexity index is 2960.